The zero-order chi connectivity index (χ0) is 30.7. The first-order chi connectivity index (χ1) is 19.1. The fraction of sp³-hybridized carbons (Fsp3) is 0.500. The van der Waals surface area contributed by atoms with Gasteiger partial charge in [-0.15, -0.1) is 0 Å². The second kappa shape index (κ2) is 22.4. The topological polar surface area (TPSA) is 64.2 Å². The monoisotopic (exact) mass is 566 g/mol. The molecule has 0 aliphatic rings. The number of ether oxygens (including phenoxy) is 2. The van der Waals surface area contributed by atoms with Crippen molar-refractivity contribution in [3.05, 3.63) is 69.9 Å². The predicted octanol–water partition coefficient (Wildman–Crippen LogP) is 8.79. The lowest BCUT2D eigenvalue weighted by Gasteiger charge is -2.12. The van der Waals surface area contributed by atoms with Gasteiger partial charge in [-0.25, -0.2) is 9.78 Å². The van der Waals surface area contributed by atoms with E-state index in [1.54, 1.807) is 6.92 Å². The normalized spacial score (nSPS) is 12.5. The molecule has 0 aliphatic heterocycles. The van der Waals surface area contributed by atoms with E-state index >= 15 is 0 Å². The Kier molecular flexibility index (Phi) is 21.7. The summed E-state index contributed by atoms with van der Waals surface area (Å²) in [5.41, 5.74) is 5.54. The van der Waals surface area contributed by atoms with Crippen molar-refractivity contribution in [1.29, 1.82) is 0 Å². The van der Waals surface area contributed by atoms with Crippen LogP contribution in [-0.4, -0.2) is 29.2 Å². The standard InChI is InChI=1S/C23H32N2O3.C10H16.C2H6.CH4/c1-7-10-19-20(11-15(4)8-2)25-23(24-19)22-16(5)12-18(13-17(22)6)28-14-21(26)27-9-3;1-5-6-7-10(4)8-9(2)3;1-2;/h10-13,15H,7-9,14H2,1-6H3,(H,24,25);6-8H,2,5H2,1,3-4H3;1-2H3;1H4/b19-10+,20-11+;7-6-,10-8-;;/t15-;;;/m0.../s1. The van der Waals surface area contributed by atoms with Crippen LogP contribution in [-0.2, 0) is 9.53 Å². The number of H-pyrrole nitrogens is 1. The van der Waals surface area contributed by atoms with Crippen LogP contribution in [0.15, 0.2) is 48.1 Å². The first-order valence-corrected chi connectivity index (χ1v) is 14.7. The van der Waals surface area contributed by atoms with Crippen LogP contribution in [0.3, 0.4) is 0 Å². The molecule has 0 amide bonds. The minimum Gasteiger partial charge on any atom is -0.482 e. The molecular weight excluding hydrogens is 508 g/mol. The van der Waals surface area contributed by atoms with E-state index in [1.165, 1.54) is 5.57 Å². The number of allylic oxidation sites excluding steroid dienone is 5. The molecule has 2 aromatic rings. The highest BCUT2D eigenvalue weighted by molar-refractivity contribution is 5.71. The Labute approximate surface area is 251 Å². The van der Waals surface area contributed by atoms with E-state index in [-0.39, 0.29) is 20.0 Å². The van der Waals surface area contributed by atoms with Gasteiger partial charge in [-0.3, -0.25) is 0 Å². The van der Waals surface area contributed by atoms with E-state index in [2.05, 4.69) is 76.6 Å². The Bertz CT molecular complexity index is 1210. The molecule has 0 aliphatic carbocycles. The molecule has 5 nitrogen and oxygen atoms in total. The highest BCUT2D eigenvalue weighted by Crippen LogP contribution is 2.28. The molecule has 0 saturated heterocycles. The van der Waals surface area contributed by atoms with Crippen molar-refractivity contribution >= 4 is 18.1 Å². The molecule has 5 heteroatoms. The van der Waals surface area contributed by atoms with Gasteiger partial charge in [0.1, 0.15) is 11.6 Å². The van der Waals surface area contributed by atoms with Gasteiger partial charge in [0, 0.05) is 5.56 Å². The molecule has 0 radical (unpaired) electrons. The molecule has 2 rings (SSSR count). The van der Waals surface area contributed by atoms with Gasteiger partial charge in [-0.1, -0.05) is 103 Å². The van der Waals surface area contributed by atoms with Gasteiger partial charge in [-0.05, 0) is 76.6 Å². The fourth-order valence-electron chi connectivity index (χ4n) is 3.86. The molecule has 1 aromatic carbocycles. The van der Waals surface area contributed by atoms with Crippen LogP contribution < -0.4 is 15.4 Å². The lowest BCUT2D eigenvalue weighted by molar-refractivity contribution is -0.145. The second-order valence-electron chi connectivity index (χ2n) is 9.62. The molecule has 41 heavy (non-hydrogen) atoms. The quantitative estimate of drug-likeness (QED) is 0.218. The number of hydrogen-bond donors (Lipinski definition) is 1. The van der Waals surface area contributed by atoms with E-state index in [4.69, 9.17) is 14.5 Å². The summed E-state index contributed by atoms with van der Waals surface area (Å²) in [7, 11) is 0. The maximum absolute atomic E-state index is 11.5. The molecule has 0 spiro atoms. The number of nitrogens with zero attached hydrogens (tertiary/aromatic N) is 1. The molecule has 1 N–H and O–H groups in total. The largest absolute Gasteiger partial charge is 0.482 e. The maximum Gasteiger partial charge on any atom is 0.344 e. The van der Waals surface area contributed by atoms with Crippen molar-refractivity contribution in [3.63, 3.8) is 0 Å². The molecule has 1 heterocycles. The second-order valence-corrected chi connectivity index (χ2v) is 9.62. The molecule has 0 bridgehead atoms. The molecule has 230 valence electrons. The number of nitrogens with one attached hydrogen (secondary N) is 1. The van der Waals surface area contributed by atoms with E-state index in [9.17, 15) is 4.79 Å². The average molecular weight is 567 g/mol. The summed E-state index contributed by atoms with van der Waals surface area (Å²) in [4.78, 5) is 19.9. The van der Waals surface area contributed by atoms with E-state index in [1.807, 2.05) is 46.8 Å². The summed E-state index contributed by atoms with van der Waals surface area (Å²) in [5.74, 6) is 1.64. The summed E-state index contributed by atoms with van der Waals surface area (Å²) in [6.45, 7) is 26.6. The lowest BCUT2D eigenvalue weighted by atomic mass is 10.0. The number of aromatic amines is 1. The van der Waals surface area contributed by atoms with Crippen LogP contribution >= 0.6 is 0 Å². The van der Waals surface area contributed by atoms with Gasteiger partial charge in [-0.2, -0.15) is 0 Å². The van der Waals surface area contributed by atoms with Gasteiger partial charge in [0.15, 0.2) is 6.61 Å². The fourth-order valence-corrected chi connectivity index (χ4v) is 3.86. The number of benzene rings is 1. The number of aromatic nitrogens is 2. The molecular formula is C36H58N2O3. The van der Waals surface area contributed by atoms with Gasteiger partial charge in [0.2, 0.25) is 0 Å². The molecule has 1 atom stereocenters. The first-order valence-electron chi connectivity index (χ1n) is 14.7. The van der Waals surface area contributed by atoms with Crippen LogP contribution in [0.5, 0.6) is 5.75 Å². The molecule has 1 aromatic heterocycles. The van der Waals surface area contributed by atoms with Crippen LogP contribution in [0.2, 0.25) is 0 Å². The Morgan fingerprint density at radius 3 is 2.17 bits per heavy atom. The van der Waals surface area contributed by atoms with Crippen molar-refractivity contribution in [2.75, 3.05) is 13.2 Å². The first kappa shape index (κ1) is 39.8. The Morgan fingerprint density at radius 1 is 1.07 bits per heavy atom. The highest BCUT2D eigenvalue weighted by Gasteiger charge is 2.13. The maximum atomic E-state index is 11.5. The average Bonchev–Trinajstić information content (AvgIpc) is 3.28. The summed E-state index contributed by atoms with van der Waals surface area (Å²) in [6, 6.07) is 3.87. The zero-order valence-electron chi connectivity index (χ0n) is 27.0. The van der Waals surface area contributed by atoms with E-state index < -0.39 is 0 Å². The third kappa shape index (κ3) is 15.3. The minimum absolute atomic E-state index is 0. The number of carbonyl (C=O) groups is 1. The summed E-state index contributed by atoms with van der Waals surface area (Å²) >= 11 is 0. The van der Waals surface area contributed by atoms with Crippen molar-refractivity contribution in [2.45, 2.75) is 103 Å². The smallest absolute Gasteiger partial charge is 0.344 e. The minimum atomic E-state index is -0.363. The Morgan fingerprint density at radius 2 is 1.68 bits per heavy atom. The van der Waals surface area contributed by atoms with Crippen LogP contribution in [0.25, 0.3) is 23.5 Å². The van der Waals surface area contributed by atoms with Crippen LogP contribution in [0, 0.1) is 19.8 Å². The third-order valence-corrected chi connectivity index (χ3v) is 5.75. The van der Waals surface area contributed by atoms with E-state index in [0.717, 1.165) is 58.0 Å². The van der Waals surface area contributed by atoms with Crippen molar-refractivity contribution in [3.8, 4) is 17.1 Å². The number of rotatable bonds is 11. The third-order valence-electron chi connectivity index (χ3n) is 5.75. The summed E-state index contributed by atoms with van der Waals surface area (Å²) in [6.07, 6.45) is 13.9. The number of esters is 1. The van der Waals surface area contributed by atoms with Crippen molar-refractivity contribution < 1.29 is 14.3 Å². The number of aryl methyl sites for hydroxylation is 2. The number of carbonyl (C=O) groups excluding carboxylic acids is 1. The zero-order valence-corrected chi connectivity index (χ0v) is 27.0. The number of hydrogen-bond acceptors (Lipinski definition) is 4. The van der Waals surface area contributed by atoms with Gasteiger partial charge >= 0.3 is 5.97 Å². The Balaban J connectivity index is 0. The lowest BCUT2D eigenvalue weighted by Crippen LogP contribution is -2.25. The van der Waals surface area contributed by atoms with Gasteiger partial charge in [0.25, 0.3) is 0 Å². The molecule has 0 fully saturated rings. The van der Waals surface area contributed by atoms with Crippen molar-refractivity contribution in [2.24, 2.45) is 5.92 Å². The van der Waals surface area contributed by atoms with Crippen LogP contribution in [0.1, 0.15) is 100 Å². The molecule has 0 unspecified atom stereocenters. The summed E-state index contributed by atoms with van der Waals surface area (Å²) in [5, 5.41) is 2.08. The number of imidazole rings is 1. The summed E-state index contributed by atoms with van der Waals surface area (Å²) < 4.78 is 10.5. The molecule has 0 saturated carbocycles. The Hall–Kier alpha value is -3.34. The van der Waals surface area contributed by atoms with Gasteiger partial charge < -0.3 is 14.5 Å². The van der Waals surface area contributed by atoms with Crippen LogP contribution in [0.4, 0.5) is 0 Å². The van der Waals surface area contributed by atoms with E-state index in [0.29, 0.717) is 18.3 Å². The van der Waals surface area contributed by atoms with Crippen molar-refractivity contribution in [1.82, 2.24) is 9.97 Å². The predicted molar refractivity (Wildman–Crippen MR) is 180 cm³/mol. The SMILES string of the molecule is C.C=C(C)/C=C(C)\C=C/CC.CC.CC/C=c1/nc(-c2c(C)cc(OCC(=O)OCC)cc2C)[nH]/c1=C/[C@@H](C)CC. The van der Waals surface area contributed by atoms with Gasteiger partial charge in [0.05, 0.1) is 17.3 Å². The highest BCUT2D eigenvalue weighted by atomic mass is 16.6.